The van der Waals surface area contributed by atoms with E-state index >= 15 is 0 Å². The molecule has 0 bridgehead atoms. The summed E-state index contributed by atoms with van der Waals surface area (Å²) in [6.45, 7) is 11.3. The van der Waals surface area contributed by atoms with E-state index in [2.05, 4.69) is 10.6 Å². The van der Waals surface area contributed by atoms with Crippen molar-refractivity contribution in [1.82, 2.24) is 10.6 Å². The molecule has 1 aliphatic rings. The molecule has 18 heavy (non-hydrogen) atoms. The van der Waals surface area contributed by atoms with Crippen molar-refractivity contribution in [2.24, 2.45) is 11.3 Å². The third-order valence-corrected chi connectivity index (χ3v) is 3.74. The molecular formula is C14H28N2O2. The molecule has 0 aromatic carbocycles. The minimum atomic E-state index is -0.300. The molecule has 2 N–H and O–H groups in total. The molecule has 1 amide bonds. The van der Waals surface area contributed by atoms with Gasteiger partial charge in [-0.25, -0.2) is 0 Å². The Kier molecular flexibility index (Phi) is 6.09. The van der Waals surface area contributed by atoms with Crippen LogP contribution in [0.2, 0.25) is 0 Å². The Hall–Kier alpha value is -0.610. The normalized spacial score (nSPS) is 21.1. The lowest BCUT2D eigenvalue weighted by atomic mass is 9.74. The van der Waals surface area contributed by atoms with E-state index in [-0.39, 0.29) is 17.4 Å². The molecule has 0 radical (unpaired) electrons. The average Bonchev–Trinajstić information content (AvgIpc) is 2.35. The quantitative estimate of drug-likeness (QED) is 0.709. The van der Waals surface area contributed by atoms with Crippen LogP contribution in [0.15, 0.2) is 0 Å². The van der Waals surface area contributed by atoms with Crippen molar-refractivity contribution in [1.29, 1.82) is 0 Å². The number of carbonyl (C=O) groups excluding carboxylic acids is 1. The molecule has 1 heterocycles. The Balaban J connectivity index is 2.33. The van der Waals surface area contributed by atoms with Crippen LogP contribution in [-0.2, 0) is 9.53 Å². The van der Waals surface area contributed by atoms with Crippen LogP contribution in [0.1, 0.15) is 40.5 Å². The van der Waals surface area contributed by atoms with Crippen molar-refractivity contribution in [2.75, 3.05) is 26.2 Å². The van der Waals surface area contributed by atoms with Crippen LogP contribution in [0.25, 0.3) is 0 Å². The van der Waals surface area contributed by atoms with Gasteiger partial charge in [-0.1, -0.05) is 13.8 Å². The zero-order chi connectivity index (χ0) is 13.6. The predicted molar refractivity (Wildman–Crippen MR) is 73.5 cm³/mol. The number of ether oxygens (including phenoxy) is 1. The average molecular weight is 256 g/mol. The summed E-state index contributed by atoms with van der Waals surface area (Å²) < 4.78 is 5.42. The van der Waals surface area contributed by atoms with E-state index in [1.54, 1.807) is 0 Å². The summed E-state index contributed by atoms with van der Waals surface area (Å²) in [5.74, 6) is 0.570. The molecule has 0 aliphatic carbocycles. The van der Waals surface area contributed by atoms with Crippen LogP contribution in [0.3, 0.4) is 0 Å². The minimum absolute atomic E-state index is 0.142. The Morgan fingerprint density at radius 3 is 2.78 bits per heavy atom. The van der Waals surface area contributed by atoms with Crippen LogP contribution in [0.4, 0.5) is 0 Å². The number of nitrogens with one attached hydrogen (secondary N) is 2. The van der Waals surface area contributed by atoms with Crippen molar-refractivity contribution in [3.63, 3.8) is 0 Å². The van der Waals surface area contributed by atoms with Crippen molar-refractivity contribution in [2.45, 2.75) is 46.6 Å². The molecule has 1 atom stereocenters. The molecule has 1 unspecified atom stereocenters. The number of amides is 1. The van der Waals surface area contributed by atoms with Gasteiger partial charge in [0.1, 0.15) is 0 Å². The van der Waals surface area contributed by atoms with E-state index in [1.807, 2.05) is 27.7 Å². The van der Waals surface area contributed by atoms with Crippen molar-refractivity contribution in [3.8, 4) is 0 Å². The van der Waals surface area contributed by atoms with Gasteiger partial charge in [-0.05, 0) is 45.7 Å². The Morgan fingerprint density at radius 1 is 1.50 bits per heavy atom. The van der Waals surface area contributed by atoms with Gasteiger partial charge >= 0.3 is 0 Å². The number of piperidine rings is 1. The summed E-state index contributed by atoms with van der Waals surface area (Å²) in [4.78, 5) is 12.2. The number of rotatable bonds is 6. The van der Waals surface area contributed by atoms with E-state index in [0.29, 0.717) is 19.1 Å². The molecule has 0 spiro atoms. The number of hydrogen-bond acceptors (Lipinski definition) is 3. The van der Waals surface area contributed by atoms with Gasteiger partial charge in [0.15, 0.2) is 0 Å². The van der Waals surface area contributed by atoms with Gasteiger partial charge < -0.3 is 15.4 Å². The van der Waals surface area contributed by atoms with Gasteiger partial charge in [-0.15, -0.1) is 0 Å². The third-order valence-electron chi connectivity index (χ3n) is 3.74. The van der Waals surface area contributed by atoms with E-state index in [4.69, 9.17) is 4.74 Å². The van der Waals surface area contributed by atoms with E-state index in [0.717, 1.165) is 25.9 Å². The molecule has 106 valence electrons. The van der Waals surface area contributed by atoms with Crippen LogP contribution >= 0.6 is 0 Å². The summed E-state index contributed by atoms with van der Waals surface area (Å²) >= 11 is 0. The zero-order valence-corrected chi connectivity index (χ0v) is 12.2. The van der Waals surface area contributed by atoms with Gasteiger partial charge in [-0.3, -0.25) is 4.79 Å². The first-order chi connectivity index (χ1) is 8.44. The summed E-state index contributed by atoms with van der Waals surface area (Å²) in [6.07, 6.45) is 2.52. The first-order valence-electron chi connectivity index (χ1n) is 7.05. The summed E-state index contributed by atoms with van der Waals surface area (Å²) in [5, 5.41) is 6.36. The van der Waals surface area contributed by atoms with Crippen LogP contribution in [0.5, 0.6) is 0 Å². The van der Waals surface area contributed by atoms with E-state index in [9.17, 15) is 4.79 Å². The monoisotopic (exact) mass is 256 g/mol. The minimum Gasteiger partial charge on any atom is -0.377 e. The van der Waals surface area contributed by atoms with Crippen LogP contribution in [0, 0.1) is 11.3 Å². The molecule has 1 fully saturated rings. The molecule has 1 saturated heterocycles. The molecule has 0 aromatic heterocycles. The topological polar surface area (TPSA) is 50.4 Å². The molecular weight excluding hydrogens is 228 g/mol. The van der Waals surface area contributed by atoms with Crippen LogP contribution in [-0.4, -0.2) is 38.3 Å². The first kappa shape index (κ1) is 15.4. The molecule has 1 rings (SSSR count). The van der Waals surface area contributed by atoms with E-state index < -0.39 is 0 Å². The maximum Gasteiger partial charge on any atom is 0.226 e. The van der Waals surface area contributed by atoms with Gasteiger partial charge in [0.2, 0.25) is 5.91 Å². The Bertz CT molecular complexity index is 259. The third kappa shape index (κ3) is 4.58. The smallest absolute Gasteiger partial charge is 0.226 e. The lowest BCUT2D eigenvalue weighted by molar-refractivity contribution is -0.132. The second-order valence-electron chi connectivity index (χ2n) is 5.94. The summed E-state index contributed by atoms with van der Waals surface area (Å²) in [5.41, 5.74) is -0.300. The second-order valence-corrected chi connectivity index (χ2v) is 5.94. The van der Waals surface area contributed by atoms with Crippen molar-refractivity contribution < 1.29 is 9.53 Å². The fraction of sp³-hybridized carbons (Fsp3) is 0.929. The van der Waals surface area contributed by atoms with Gasteiger partial charge in [0.25, 0.3) is 0 Å². The summed E-state index contributed by atoms with van der Waals surface area (Å²) in [7, 11) is 0. The lowest BCUT2D eigenvalue weighted by Crippen LogP contribution is -2.47. The zero-order valence-electron chi connectivity index (χ0n) is 12.2. The van der Waals surface area contributed by atoms with Crippen LogP contribution < -0.4 is 10.6 Å². The molecule has 0 aromatic rings. The second kappa shape index (κ2) is 7.10. The Labute approximate surface area is 111 Å². The molecule has 4 heteroatoms. The highest BCUT2D eigenvalue weighted by Gasteiger charge is 2.36. The van der Waals surface area contributed by atoms with Crippen molar-refractivity contribution >= 4 is 5.91 Å². The van der Waals surface area contributed by atoms with Gasteiger partial charge in [0.05, 0.1) is 12.7 Å². The standard InChI is InChI=1S/C14H28N2O2/c1-11(2)18-9-8-16-13(17)14(3,4)12-6-5-7-15-10-12/h11-12,15H,5-10H2,1-4H3,(H,16,17). The fourth-order valence-corrected chi connectivity index (χ4v) is 2.34. The lowest BCUT2D eigenvalue weighted by Gasteiger charge is -2.36. The number of hydrogen-bond donors (Lipinski definition) is 2. The SMILES string of the molecule is CC(C)OCCNC(=O)C(C)(C)C1CCCNC1. The van der Waals surface area contributed by atoms with Crippen molar-refractivity contribution in [3.05, 3.63) is 0 Å². The van der Waals surface area contributed by atoms with Gasteiger partial charge in [-0.2, -0.15) is 0 Å². The predicted octanol–water partition coefficient (Wildman–Crippen LogP) is 1.55. The maximum atomic E-state index is 12.2. The van der Waals surface area contributed by atoms with Gasteiger partial charge in [0, 0.05) is 12.0 Å². The Morgan fingerprint density at radius 2 is 2.22 bits per heavy atom. The van der Waals surface area contributed by atoms with E-state index in [1.165, 1.54) is 0 Å². The molecule has 0 saturated carbocycles. The highest BCUT2D eigenvalue weighted by Crippen LogP contribution is 2.31. The highest BCUT2D eigenvalue weighted by molar-refractivity contribution is 5.82. The molecule has 1 aliphatic heterocycles. The summed E-state index contributed by atoms with van der Waals surface area (Å²) in [6, 6.07) is 0. The number of carbonyl (C=O) groups is 1. The first-order valence-corrected chi connectivity index (χ1v) is 7.05. The molecule has 4 nitrogen and oxygen atoms in total. The highest BCUT2D eigenvalue weighted by atomic mass is 16.5. The largest absolute Gasteiger partial charge is 0.377 e. The maximum absolute atomic E-state index is 12.2. The fourth-order valence-electron chi connectivity index (χ4n) is 2.34.